The van der Waals surface area contributed by atoms with Gasteiger partial charge in [-0.05, 0) is 27.2 Å². The number of hydrogen-bond donors (Lipinski definition) is 0. The molecule has 0 spiro atoms. The molecule has 0 aromatic heterocycles. The van der Waals surface area contributed by atoms with Gasteiger partial charge in [-0.2, -0.15) is 13.2 Å². The number of carbonyl (C=O) groups is 1. The van der Waals surface area contributed by atoms with Crippen LogP contribution in [0.15, 0.2) is 0 Å². The molecule has 0 radical (unpaired) electrons. The Morgan fingerprint density at radius 1 is 1.25 bits per heavy atom. The molecule has 3 nitrogen and oxygen atoms in total. The maximum Gasteiger partial charge on any atom is 0.389 e. The number of carbonyl (C=O) groups excluding carboxylic acids is 1. The molecule has 0 aliphatic heterocycles. The minimum absolute atomic E-state index is 0.423. The van der Waals surface area contributed by atoms with Crippen LogP contribution in [0.4, 0.5) is 13.2 Å². The maximum absolute atomic E-state index is 12.0. The van der Waals surface area contributed by atoms with Gasteiger partial charge in [-0.25, -0.2) is 4.79 Å². The molecule has 0 saturated heterocycles. The molecule has 96 valence electrons. The molecule has 0 amide bonds. The standard InChI is InChI=1S/C10H17F3O3/c1-9(2,3)16-7(8(14)15-4)5-6-10(11,12)13/h7H,5-6H2,1-4H3. The van der Waals surface area contributed by atoms with Crippen LogP contribution < -0.4 is 0 Å². The highest BCUT2D eigenvalue weighted by Gasteiger charge is 2.33. The van der Waals surface area contributed by atoms with Crippen molar-refractivity contribution in [1.82, 2.24) is 0 Å². The Balaban J connectivity index is 4.40. The van der Waals surface area contributed by atoms with Crippen molar-refractivity contribution in [2.75, 3.05) is 7.11 Å². The Kier molecular flexibility index (Phi) is 5.25. The minimum atomic E-state index is -4.30. The lowest BCUT2D eigenvalue weighted by Crippen LogP contribution is -2.35. The highest BCUT2D eigenvalue weighted by Crippen LogP contribution is 2.25. The Morgan fingerprint density at radius 3 is 2.06 bits per heavy atom. The second kappa shape index (κ2) is 5.52. The first kappa shape index (κ1) is 15.2. The Hall–Kier alpha value is -0.780. The summed E-state index contributed by atoms with van der Waals surface area (Å²) in [6.07, 6.45) is -6.96. The number of rotatable bonds is 4. The quantitative estimate of drug-likeness (QED) is 0.711. The van der Waals surface area contributed by atoms with Gasteiger partial charge in [0.15, 0.2) is 6.10 Å². The van der Waals surface area contributed by atoms with Gasteiger partial charge in [0.05, 0.1) is 12.7 Å². The molecule has 0 aromatic rings. The molecule has 1 unspecified atom stereocenters. The van der Waals surface area contributed by atoms with Crippen LogP contribution in [-0.4, -0.2) is 31.0 Å². The third-order valence-corrected chi connectivity index (χ3v) is 1.65. The Bertz CT molecular complexity index is 230. The lowest BCUT2D eigenvalue weighted by atomic mass is 10.1. The van der Waals surface area contributed by atoms with Crippen molar-refractivity contribution in [3.63, 3.8) is 0 Å². The van der Waals surface area contributed by atoms with Gasteiger partial charge in [-0.1, -0.05) is 0 Å². The summed E-state index contributed by atoms with van der Waals surface area (Å²) in [5, 5.41) is 0. The van der Waals surface area contributed by atoms with Gasteiger partial charge >= 0.3 is 12.1 Å². The van der Waals surface area contributed by atoms with Gasteiger partial charge in [-0.3, -0.25) is 0 Å². The molecule has 0 saturated carbocycles. The second-order valence-corrected chi connectivity index (χ2v) is 4.40. The zero-order chi connectivity index (χ0) is 13.0. The fourth-order valence-electron chi connectivity index (χ4n) is 1.08. The molecule has 0 aliphatic carbocycles. The predicted octanol–water partition coefficient (Wildman–Crippen LogP) is 2.69. The molecule has 0 heterocycles. The van der Waals surface area contributed by atoms with Gasteiger partial charge in [0.2, 0.25) is 0 Å². The third kappa shape index (κ3) is 7.50. The Morgan fingerprint density at radius 2 is 1.75 bits per heavy atom. The van der Waals surface area contributed by atoms with Crippen molar-refractivity contribution < 1.29 is 27.4 Å². The van der Waals surface area contributed by atoms with E-state index in [1.54, 1.807) is 20.8 Å². The Labute approximate surface area is 92.9 Å². The van der Waals surface area contributed by atoms with E-state index >= 15 is 0 Å². The summed E-state index contributed by atoms with van der Waals surface area (Å²) in [7, 11) is 1.12. The van der Waals surface area contributed by atoms with Gasteiger partial charge in [0.1, 0.15) is 0 Å². The number of alkyl halides is 3. The lowest BCUT2D eigenvalue weighted by Gasteiger charge is -2.26. The zero-order valence-electron chi connectivity index (χ0n) is 9.85. The van der Waals surface area contributed by atoms with Crippen LogP contribution in [0.5, 0.6) is 0 Å². The fourth-order valence-corrected chi connectivity index (χ4v) is 1.08. The second-order valence-electron chi connectivity index (χ2n) is 4.40. The number of halogens is 3. The van der Waals surface area contributed by atoms with E-state index in [0.29, 0.717) is 0 Å². The average Bonchev–Trinajstić information content (AvgIpc) is 2.07. The average molecular weight is 242 g/mol. The van der Waals surface area contributed by atoms with Gasteiger partial charge in [-0.15, -0.1) is 0 Å². The number of methoxy groups -OCH3 is 1. The smallest absolute Gasteiger partial charge is 0.389 e. The highest BCUT2D eigenvalue weighted by molar-refractivity contribution is 5.74. The summed E-state index contributed by atoms with van der Waals surface area (Å²) in [5.74, 6) is -0.779. The summed E-state index contributed by atoms with van der Waals surface area (Å²) in [4.78, 5) is 11.2. The SMILES string of the molecule is COC(=O)C(CCC(F)(F)F)OC(C)(C)C. The van der Waals surface area contributed by atoms with E-state index in [1.165, 1.54) is 0 Å². The first-order chi connectivity index (χ1) is 7.05. The molecule has 0 fully saturated rings. The molecule has 1 atom stereocenters. The predicted molar refractivity (Wildman–Crippen MR) is 51.9 cm³/mol. The summed E-state index contributed by atoms with van der Waals surface area (Å²) < 4.78 is 45.6. The summed E-state index contributed by atoms with van der Waals surface area (Å²) in [6, 6.07) is 0. The largest absolute Gasteiger partial charge is 0.467 e. The van der Waals surface area contributed by atoms with Crippen LogP contribution in [0.2, 0.25) is 0 Å². The minimum Gasteiger partial charge on any atom is -0.467 e. The van der Waals surface area contributed by atoms with Crippen molar-refractivity contribution >= 4 is 5.97 Å². The third-order valence-electron chi connectivity index (χ3n) is 1.65. The first-order valence-electron chi connectivity index (χ1n) is 4.87. The van der Waals surface area contributed by atoms with E-state index < -0.39 is 36.7 Å². The number of hydrogen-bond acceptors (Lipinski definition) is 3. The van der Waals surface area contributed by atoms with Crippen LogP contribution in [0.1, 0.15) is 33.6 Å². The molecule has 6 heteroatoms. The van der Waals surface area contributed by atoms with Gasteiger partial charge in [0, 0.05) is 6.42 Å². The first-order valence-corrected chi connectivity index (χ1v) is 4.87. The van der Waals surface area contributed by atoms with Crippen molar-refractivity contribution in [3.05, 3.63) is 0 Å². The monoisotopic (exact) mass is 242 g/mol. The fraction of sp³-hybridized carbons (Fsp3) is 0.900. The van der Waals surface area contributed by atoms with Crippen LogP contribution in [0, 0.1) is 0 Å². The van der Waals surface area contributed by atoms with Crippen LogP contribution in [0.25, 0.3) is 0 Å². The van der Waals surface area contributed by atoms with Crippen molar-refractivity contribution in [2.45, 2.75) is 51.5 Å². The van der Waals surface area contributed by atoms with Crippen molar-refractivity contribution in [3.8, 4) is 0 Å². The van der Waals surface area contributed by atoms with E-state index in [-0.39, 0.29) is 0 Å². The molecule has 16 heavy (non-hydrogen) atoms. The van der Waals surface area contributed by atoms with Crippen LogP contribution in [-0.2, 0) is 14.3 Å². The van der Waals surface area contributed by atoms with E-state index in [9.17, 15) is 18.0 Å². The number of ether oxygens (including phenoxy) is 2. The van der Waals surface area contributed by atoms with E-state index in [0.717, 1.165) is 7.11 Å². The topological polar surface area (TPSA) is 35.5 Å². The van der Waals surface area contributed by atoms with Crippen LogP contribution >= 0.6 is 0 Å². The molecule has 0 bridgehead atoms. The van der Waals surface area contributed by atoms with Crippen molar-refractivity contribution in [2.24, 2.45) is 0 Å². The molecule has 0 aliphatic rings. The molecular weight excluding hydrogens is 225 g/mol. The molecule has 0 aromatic carbocycles. The highest BCUT2D eigenvalue weighted by atomic mass is 19.4. The zero-order valence-corrected chi connectivity index (χ0v) is 9.85. The van der Waals surface area contributed by atoms with Crippen molar-refractivity contribution in [1.29, 1.82) is 0 Å². The normalized spacial score (nSPS) is 14.7. The summed E-state index contributed by atoms with van der Waals surface area (Å²) in [6.45, 7) is 4.99. The van der Waals surface area contributed by atoms with Crippen LogP contribution in [0.3, 0.4) is 0 Å². The summed E-state index contributed by atoms with van der Waals surface area (Å²) >= 11 is 0. The summed E-state index contributed by atoms with van der Waals surface area (Å²) in [5.41, 5.74) is -0.690. The molecule has 0 rings (SSSR count). The van der Waals surface area contributed by atoms with E-state index in [4.69, 9.17) is 4.74 Å². The van der Waals surface area contributed by atoms with E-state index in [1.807, 2.05) is 0 Å². The van der Waals surface area contributed by atoms with Gasteiger partial charge < -0.3 is 9.47 Å². The maximum atomic E-state index is 12.0. The molecule has 0 N–H and O–H groups in total. The molecular formula is C10H17F3O3. The van der Waals surface area contributed by atoms with E-state index in [2.05, 4.69) is 4.74 Å². The van der Waals surface area contributed by atoms with Gasteiger partial charge in [0.25, 0.3) is 0 Å². The number of esters is 1. The lowest BCUT2D eigenvalue weighted by molar-refractivity contribution is -0.172.